The fraction of sp³-hybridized carbons (Fsp3) is 0.143. The molecule has 104 valence electrons. The van der Waals surface area contributed by atoms with E-state index in [0.29, 0.717) is 0 Å². The lowest BCUT2D eigenvalue weighted by Gasteiger charge is -2.01. The molecule has 0 aliphatic heterocycles. The molecule has 0 amide bonds. The number of ketones is 1. The van der Waals surface area contributed by atoms with Gasteiger partial charge in [0.15, 0.2) is 12.4 Å². The van der Waals surface area contributed by atoms with E-state index in [1.165, 1.54) is 36.4 Å². The summed E-state index contributed by atoms with van der Waals surface area (Å²) in [6.45, 7) is 1.39. The average Bonchev–Trinajstić information content (AvgIpc) is 2.45. The number of ether oxygens (including phenoxy) is 1. The van der Waals surface area contributed by atoms with E-state index in [9.17, 15) is 19.7 Å². The Labute approximate surface area is 115 Å². The zero-order valence-electron chi connectivity index (χ0n) is 10.8. The van der Waals surface area contributed by atoms with Crippen LogP contribution in [-0.4, -0.2) is 23.3 Å². The Morgan fingerprint density at radius 1 is 1.25 bits per heavy atom. The van der Waals surface area contributed by atoms with Crippen LogP contribution in [0.1, 0.15) is 17.3 Å². The SMILES string of the molecule is C/C=C/C=C/C(=O)OCC(=O)c1ccc([N+](=O)[O-])cc1. The van der Waals surface area contributed by atoms with E-state index in [1.807, 2.05) is 0 Å². The number of nitro groups is 1. The normalized spacial score (nSPS) is 10.8. The smallest absolute Gasteiger partial charge is 0.331 e. The predicted octanol–water partition coefficient (Wildman–Crippen LogP) is 2.45. The van der Waals surface area contributed by atoms with Gasteiger partial charge < -0.3 is 4.74 Å². The van der Waals surface area contributed by atoms with Gasteiger partial charge in [-0.3, -0.25) is 14.9 Å². The lowest BCUT2D eigenvalue weighted by molar-refractivity contribution is -0.384. The number of carbonyl (C=O) groups is 2. The van der Waals surface area contributed by atoms with Crippen LogP contribution in [0, 0.1) is 10.1 Å². The molecule has 0 atom stereocenters. The van der Waals surface area contributed by atoms with Crippen molar-refractivity contribution in [3.8, 4) is 0 Å². The first kappa shape index (κ1) is 15.3. The van der Waals surface area contributed by atoms with Crippen molar-refractivity contribution < 1.29 is 19.2 Å². The largest absolute Gasteiger partial charge is 0.454 e. The maximum atomic E-state index is 11.7. The highest BCUT2D eigenvalue weighted by Crippen LogP contribution is 2.12. The van der Waals surface area contributed by atoms with Crippen molar-refractivity contribution in [3.63, 3.8) is 0 Å². The molecule has 1 aromatic carbocycles. The Bertz CT molecular complexity index is 557. The summed E-state index contributed by atoms with van der Waals surface area (Å²) >= 11 is 0. The molecule has 1 aromatic rings. The Morgan fingerprint density at radius 2 is 1.90 bits per heavy atom. The number of esters is 1. The van der Waals surface area contributed by atoms with Crippen LogP contribution in [-0.2, 0) is 9.53 Å². The van der Waals surface area contributed by atoms with Gasteiger partial charge >= 0.3 is 5.97 Å². The third-order valence-electron chi connectivity index (χ3n) is 2.28. The van der Waals surface area contributed by atoms with Crippen molar-refractivity contribution >= 4 is 17.4 Å². The maximum Gasteiger partial charge on any atom is 0.331 e. The molecule has 0 aliphatic carbocycles. The van der Waals surface area contributed by atoms with Crippen molar-refractivity contribution in [2.24, 2.45) is 0 Å². The quantitative estimate of drug-likeness (QED) is 0.199. The second-order valence-electron chi connectivity index (χ2n) is 3.72. The Morgan fingerprint density at radius 3 is 2.45 bits per heavy atom. The molecule has 0 heterocycles. The standard InChI is InChI=1S/C14H13NO5/c1-2-3-4-5-14(17)20-10-13(16)11-6-8-12(9-7-11)15(18)19/h2-9H,10H2,1H3/b3-2+,5-4+. The van der Waals surface area contributed by atoms with E-state index in [0.717, 1.165) is 0 Å². The molecule has 6 nitrogen and oxygen atoms in total. The highest BCUT2D eigenvalue weighted by Gasteiger charge is 2.10. The van der Waals surface area contributed by atoms with Gasteiger partial charge in [0.2, 0.25) is 0 Å². The molecule has 0 unspecified atom stereocenters. The van der Waals surface area contributed by atoms with E-state index < -0.39 is 23.3 Å². The number of allylic oxidation sites excluding steroid dienone is 3. The third kappa shape index (κ3) is 4.85. The number of nitro benzene ring substituents is 1. The summed E-state index contributed by atoms with van der Waals surface area (Å²) in [6.07, 6.45) is 6.09. The fourth-order valence-electron chi connectivity index (χ4n) is 1.28. The van der Waals surface area contributed by atoms with Crippen LogP contribution in [0.3, 0.4) is 0 Å². The highest BCUT2D eigenvalue weighted by atomic mass is 16.6. The van der Waals surface area contributed by atoms with Crippen molar-refractivity contribution in [2.45, 2.75) is 6.92 Å². The number of hydrogen-bond acceptors (Lipinski definition) is 5. The topological polar surface area (TPSA) is 86.5 Å². The van der Waals surface area contributed by atoms with Crippen molar-refractivity contribution in [1.82, 2.24) is 0 Å². The summed E-state index contributed by atoms with van der Waals surface area (Å²) in [4.78, 5) is 32.8. The van der Waals surface area contributed by atoms with Gasteiger partial charge in [0.25, 0.3) is 5.69 Å². The number of nitrogens with zero attached hydrogens (tertiary/aromatic N) is 1. The van der Waals surface area contributed by atoms with Gasteiger partial charge in [-0.2, -0.15) is 0 Å². The highest BCUT2D eigenvalue weighted by molar-refractivity contribution is 5.98. The molecule has 20 heavy (non-hydrogen) atoms. The van der Waals surface area contributed by atoms with Gasteiger partial charge in [-0.15, -0.1) is 0 Å². The molecule has 0 N–H and O–H groups in total. The molecule has 6 heteroatoms. The zero-order valence-corrected chi connectivity index (χ0v) is 10.8. The molecule has 0 radical (unpaired) electrons. The van der Waals surface area contributed by atoms with E-state index in [4.69, 9.17) is 4.74 Å². The minimum Gasteiger partial charge on any atom is -0.454 e. The van der Waals surface area contributed by atoms with Crippen LogP contribution in [0.5, 0.6) is 0 Å². The molecule has 0 spiro atoms. The van der Waals surface area contributed by atoms with E-state index in [1.54, 1.807) is 19.1 Å². The summed E-state index contributed by atoms with van der Waals surface area (Å²) in [7, 11) is 0. The van der Waals surface area contributed by atoms with Gasteiger partial charge in [0.05, 0.1) is 4.92 Å². The molecule has 0 bridgehead atoms. The first-order valence-electron chi connectivity index (χ1n) is 5.78. The van der Waals surface area contributed by atoms with Gasteiger partial charge in [-0.05, 0) is 19.1 Å². The molecular formula is C14H13NO5. The Hall–Kier alpha value is -2.76. The monoisotopic (exact) mass is 275 g/mol. The van der Waals surface area contributed by atoms with Crippen LogP contribution in [0.15, 0.2) is 48.6 Å². The first-order valence-corrected chi connectivity index (χ1v) is 5.78. The van der Waals surface area contributed by atoms with Crippen LogP contribution in [0.2, 0.25) is 0 Å². The van der Waals surface area contributed by atoms with E-state index in [-0.39, 0.29) is 11.3 Å². The maximum absolute atomic E-state index is 11.7. The summed E-state index contributed by atoms with van der Waals surface area (Å²) in [5.41, 5.74) is 0.147. The molecular weight excluding hydrogens is 262 g/mol. The summed E-state index contributed by atoms with van der Waals surface area (Å²) in [5.74, 6) is -1.05. The van der Waals surface area contributed by atoms with Crippen LogP contribution < -0.4 is 0 Å². The molecule has 0 saturated heterocycles. The van der Waals surface area contributed by atoms with Gasteiger partial charge in [-0.25, -0.2) is 4.79 Å². The van der Waals surface area contributed by atoms with Gasteiger partial charge in [-0.1, -0.05) is 18.2 Å². The third-order valence-corrected chi connectivity index (χ3v) is 2.28. The number of non-ortho nitro benzene ring substituents is 1. The first-order chi connectivity index (χ1) is 9.54. The Kier molecular flexibility index (Phi) is 5.83. The molecule has 1 rings (SSSR count). The fourth-order valence-corrected chi connectivity index (χ4v) is 1.28. The van der Waals surface area contributed by atoms with E-state index >= 15 is 0 Å². The lowest BCUT2D eigenvalue weighted by Crippen LogP contribution is -2.12. The molecule has 0 saturated carbocycles. The second kappa shape index (κ2) is 7.63. The van der Waals surface area contributed by atoms with Crippen molar-refractivity contribution in [1.29, 1.82) is 0 Å². The Balaban J connectivity index is 2.54. The average molecular weight is 275 g/mol. The van der Waals surface area contributed by atoms with Crippen LogP contribution in [0.4, 0.5) is 5.69 Å². The van der Waals surface area contributed by atoms with Crippen molar-refractivity contribution in [3.05, 3.63) is 64.2 Å². The van der Waals surface area contributed by atoms with Gasteiger partial charge in [0, 0.05) is 23.8 Å². The summed E-state index contributed by atoms with van der Waals surface area (Å²) < 4.78 is 4.74. The van der Waals surface area contributed by atoms with E-state index in [2.05, 4.69) is 0 Å². The number of hydrogen-bond donors (Lipinski definition) is 0. The minimum absolute atomic E-state index is 0.104. The minimum atomic E-state index is -0.627. The number of benzene rings is 1. The zero-order chi connectivity index (χ0) is 15.0. The number of carbonyl (C=O) groups excluding carboxylic acids is 2. The summed E-state index contributed by atoms with van der Waals surface area (Å²) in [6, 6.07) is 5.09. The second-order valence-corrected chi connectivity index (χ2v) is 3.72. The molecule has 0 aliphatic rings. The van der Waals surface area contributed by atoms with Crippen LogP contribution >= 0.6 is 0 Å². The lowest BCUT2D eigenvalue weighted by atomic mass is 10.1. The van der Waals surface area contributed by atoms with Crippen molar-refractivity contribution in [2.75, 3.05) is 6.61 Å². The molecule has 0 fully saturated rings. The number of Topliss-reactive ketones (excluding diaryl/α,β-unsaturated/α-hetero) is 1. The summed E-state index contributed by atoms with van der Waals surface area (Å²) in [5, 5.41) is 10.5. The van der Waals surface area contributed by atoms with Crippen LogP contribution in [0.25, 0.3) is 0 Å². The van der Waals surface area contributed by atoms with Gasteiger partial charge in [0.1, 0.15) is 0 Å². The molecule has 0 aromatic heterocycles. The predicted molar refractivity (Wildman–Crippen MR) is 72.3 cm³/mol. The number of rotatable bonds is 6.